The van der Waals surface area contributed by atoms with Crippen molar-refractivity contribution >= 4 is 11.9 Å². The number of amides is 3. The van der Waals surface area contributed by atoms with Crippen molar-refractivity contribution in [3.63, 3.8) is 0 Å². The second-order valence-electron chi connectivity index (χ2n) is 6.22. The van der Waals surface area contributed by atoms with E-state index in [1.54, 1.807) is 4.90 Å². The van der Waals surface area contributed by atoms with Gasteiger partial charge in [0.2, 0.25) is 0 Å². The number of nitrogens with zero attached hydrogens (tertiary/aromatic N) is 1. The van der Waals surface area contributed by atoms with E-state index in [1.807, 2.05) is 30.3 Å². The van der Waals surface area contributed by atoms with E-state index in [2.05, 4.69) is 10.6 Å². The Bertz CT molecular complexity index is 545. The van der Waals surface area contributed by atoms with Gasteiger partial charge in [-0.05, 0) is 37.3 Å². The number of rotatable bonds is 6. The average Bonchev–Trinajstić information content (AvgIpc) is 3.29. The van der Waals surface area contributed by atoms with Crippen LogP contribution in [0.15, 0.2) is 30.3 Å². The van der Waals surface area contributed by atoms with Crippen molar-refractivity contribution in [2.75, 3.05) is 26.2 Å². The molecule has 6 heteroatoms. The average molecular weight is 317 g/mol. The zero-order valence-electron chi connectivity index (χ0n) is 13.2. The lowest BCUT2D eigenvalue weighted by molar-refractivity contribution is -0.132. The molecule has 1 heterocycles. The summed E-state index contributed by atoms with van der Waals surface area (Å²) in [7, 11) is 0. The number of hydrogen-bond donors (Lipinski definition) is 2. The van der Waals surface area contributed by atoms with Gasteiger partial charge in [-0.2, -0.15) is 0 Å². The Labute approximate surface area is 136 Å². The molecule has 2 aliphatic rings. The standard InChI is InChI=1S/C17H23N3O3/c21-16(12-23-15-4-2-1-3-5-15)20-9-8-14(11-20)19-17(22)18-10-13-6-7-13/h1-5,13-14H,6-12H2,(H2,18,19,22). The predicted octanol–water partition coefficient (Wildman–Crippen LogP) is 1.38. The van der Waals surface area contributed by atoms with E-state index in [-0.39, 0.29) is 24.6 Å². The summed E-state index contributed by atoms with van der Waals surface area (Å²) in [6, 6.07) is 9.19. The molecule has 1 aliphatic heterocycles. The van der Waals surface area contributed by atoms with E-state index in [1.165, 1.54) is 12.8 Å². The highest BCUT2D eigenvalue weighted by atomic mass is 16.5. The molecule has 0 radical (unpaired) electrons. The molecule has 1 aromatic rings. The first-order valence-corrected chi connectivity index (χ1v) is 8.20. The smallest absolute Gasteiger partial charge is 0.315 e. The van der Waals surface area contributed by atoms with Crippen LogP contribution in [0.5, 0.6) is 5.75 Å². The van der Waals surface area contributed by atoms with Gasteiger partial charge in [0.25, 0.3) is 5.91 Å². The number of urea groups is 1. The highest BCUT2D eigenvalue weighted by molar-refractivity contribution is 5.78. The summed E-state index contributed by atoms with van der Waals surface area (Å²) in [5.41, 5.74) is 0. The van der Waals surface area contributed by atoms with Crippen LogP contribution in [0.3, 0.4) is 0 Å². The van der Waals surface area contributed by atoms with Crippen LogP contribution < -0.4 is 15.4 Å². The predicted molar refractivity (Wildman–Crippen MR) is 86.2 cm³/mol. The van der Waals surface area contributed by atoms with Crippen molar-refractivity contribution in [1.29, 1.82) is 0 Å². The third-order valence-electron chi connectivity index (χ3n) is 4.23. The van der Waals surface area contributed by atoms with Gasteiger partial charge in [-0.25, -0.2) is 4.79 Å². The number of nitrogens with one attached hydrogen (secondary N) is 2. The number of likely N-dealkylation sites (tertiary alicyclic amines) is 1. The lowest BCUT2D eigenvalue weighted by Gasteiger charge is -2.17. The fourth-order valence-electron chi connectivity index (χ4n) is 2.65. The Morgan fingerprint density at radius 1 is 1.17 bits per heavy atom. The SMILES string of the molecule is O=C(NCC1CC1)NC1CCN(C(=O)COc2ccccc2)C1. The summed E-state index contributed by atoms with van der Waals surface area (Å²) in [4.78, 5) is 25.7. The van der Waals surface area contributed by atoms with Gasteiger partial charge < -0.3 is 20.3 Å². The highest BCUT2D eigenvalue weighted by Gasteiger charge is 2.28. The minimum absolute atomic E-state index is 0.0230. The Morgan fingerprint density at radius 2 is 1.96 bits per heavy atom. The summed E-state index contributed by atoms with van der Waals surface area (Å²) in [5, 5.41) is 5.82. The first kappa shape index (κ1) is 15.6. The third-order valence-corrected chi connectivity index (χ3v) is 4.23. The van der Waals surface area contributed by atoms with Crippen LogP contribution in [0.2, 0.25) is 0 Å². The molecule has 6 nitrogen and oxygen atoms in total. The number of benzene rings is 1. The molecule has 124 valence electrons. The minimum atomic E-state index is -0.128. The van der Waals surface area contributed by atoms with Gasteiger partial charge in [0, 0.05) is 25.7 Å². The van der Waals surface area contributed by atoms with E-state index in [9.17, 15) is 9.59 Å². The monoisotopic (exact) mass is 317 g/mol. The summed E-state index contributed by atoms with van der Waals surface area (Å²) < 4.78 is 5.48. The van der Waals surface area contributed by atoms with Crippen molar-refractivity contribution in [1.82, 2.24) is 15.5 Å². The summed E-state index contributed by atoms with van der Waals surface area (Å²) in [6.07, 6.45) is 3.22. The largest absolute Gasteiger partial charge is 0.484 e. The van der Waals surface area contributed by atoms with Gasteiger partial charge in [0.1, 0.15) is 5.75 Å². The van der Waals surface area contributed by atoms with Crippen LogP contribution in [-0.2, 0) is 4.79 Å². The van der Waals surface area contributed by atoms with Crippen LogP contribution in [-0.4, -0.2) is 49.1 Å². The van der Waals surface area contributed by atoms with Crippen molar-refractivity contribution in [3.05, 3.63) is 30.3 Å². The van der Waals surface area contributed by atoms with Crippen LogP contribution >= 0.6 is 0 Å². The molecule has 1 aliphatic carbocycles. The van der Waals surface area contributed by atoms with Gasteiger partial charge in [0.15, 0.2) is 6.61 Å². The molecule has 3 rings (SSSR count). The molecule has 3 amide bonds. The molecule has 1 aromatic carbocycles. The van der Waals surface area contributed by atoms with Crippen LogP contribution in [0.1, 0.15) is 19.3 Å². The van der Waals surface area contributed by atoms with Crippen LogP contribution in [0.25, 0.3) is 0 Å². The maximum Gasteiger partial charge on any atom is 0.315 e. The quantitative estimate of drug-likeness (QED) is 0.832. The second-order valence-corrected chi connectivity index (χ2v) is 6.22. The maximum absolute atomic E-state index is 12.1. The summed E-state index contributed by atoms with van der Waals surface area (Å²) in [5.74, 6) is 1.31. The molecule has 0 spiro atoms. The number of carbonyl (C=O) groups is 2. The Hall–Kier alpha value is -2.24. The molecular formula is C17H23N3O3. The topological polar surface area (TPSA) is 70.7 Å². The van der Waals surface area contributed by atoms with Gasteiger partial charge in [-0.1, -0.05) is 18.2 Å². The summed E-state index contributed by atoms with van der Waals surface area (Å²) in [6.45, 7) is 2.00. The number of ether oxygens (including phenoxy) is 1. The van der Waals surface area contributed by atoms with Gasteiger partial charge in [-0.15, -0.1) is 0 Å². The normalized spacial score (nSPS) is 20.2. The lowest BCUT2D eigenvalue weighted by Crippen LogP contribution is -2.44. The molecule has 0 aromatic heterocycles. The first-order chi connectivity index (χ1) is 11.2. The molecule has 1 saturated heterocycles. The molecular weight excluding hydrogens is 294 g/mol. The first-order valence-electron chi connectivity index (χ1n) is 8.20. The molecule has 1 unspecified atom stereocenters. The van der Waals surface area contributed by atoms with Gasteiger partial charge in [0.05, 0.1) is 0 Å². The van der Waals surface area contributed by atoms with E-state index < -0.39 is 0 Å². The number of hydrogen-bond acceptors (Lipinski definition) is 3. The van der Waals surface area contributed by atoms with Crippen LogP contribution in [0, 0.1) is 5.92 Å². The fraction of sp³-hybridized carbons (Fsp3) is 0.529. The van der Waals surface area contributed by atoms with Crippen LogP contribution in [0.4, 0.5) is 4.79 Å². The van der Waals surface area contributed by atoms with Gasteiger partial charge in [-0.3, -0.25) is 4.79 Å². The number of carbonyl (C=O) groups excluding carboxylic acids is 2. The maximum atomic E-state index is 12.1. The summed E-state index contributed by atoms with van der Waals surface area (Å²) >= 11 is 0. The third kappa shape index (κ3) is 4.87. The van der Waals surface area contributed by atoms with Crippen molar-refractivity contribution in [3.8, 4) is 5.75 Å². The Balaban J connectivity index is 1.36. The Kier molecular flexibility index (Phi) is 5.00. The van der Waals surface area contributed by atoms with E-state index >= 15 is 0 Å². The zero-order valence-corrected chi connectivity index (χ0v) is 13.2. The molecule has 2 fully saturated rings. The number of para-hydroxylation sites is 1. The fourth-order valence-corrected chi connectivity index (χ4v) is 2.65. The molecule has 2 N–H and O–H groups in total. The van der Waals surface area contributed by atoms with E-state index in [0.717, 1.165) is 13.0 Å². The van der Waals surface area contributed by atoms with Crippen molar-refractivity contribution in [2.24, 2.45) is 5.92 Å². The van der Waals surface area contributed by atoms with Crippen molar-refractivity contribution in [2.45, 2.75) is 25.3 Å². The zero-order chi connectivity index (χ0) is 16.1. The van der Waals surface area contributed by atoms with Gasteiger partial charge >= 0.3 is 6.03 Å². The molecule has 23 heavy (non-hydrogen) atoms. The minimum Gasteiger partial charge on any atom is -0.484 e. The molecule has 1 saturated carbocycles. The second kappa shape index (κ2) is 7.35. The van der Waals surface area contributed by atoms with E-state index in [4.69, 9.17) is 4.74 Å². The molecule has 0 bridgehead atoms. The molecule has 1 atom stereocenters. The van der Waals surface area contributed by atoms with Crippen molar-refractivity contribution < 1.29 is 14.3 Å². The highest BCUT2D eigenvalue weighted by Crippen LogP contribution is 2.27. The Morgan fingerprint density at radius 3 is 2.70 bits per heavy atom. The lowest BCUT2D eigenvalue weighted by atomic mass is 10.3. The van der Waals surface area contributed by atoms with E-state index in [0.29, 0.717) is 24.8 Å².